The molecule has 0 aromatic carbocycles. The highest BCUT2D eigenvalue weighted by Gasteiger charge is 2.26. The number of pyridine rings is 1. The molecule has 0 aliphatic carbocycles. The third-order valence-electron chi connectivity index (χ3n) is 5.66. The second-order valence-electron chi connectivity index (χ2n) is 7.41. The lowest BCUT2D eigenvalue weighted by atomic mass is 10.2. The molecule has 0 bridgehead atoms. The summed E-state index contributed by atoms with van der Waals surface area (Å²) in [7, 11) is 0. The van der Waals surface area contributed by atoms with Crippen LogP contribution in [0.4, 0.5) is 11.5 Å². The lowest BCUT2D eigenvalue weighted by molar-refractivity contribution is 0.0696. The van der Waals surface area contributed by atoms with Gasteiger partial charge in [0.2, 0.25) is 0 Å². The molecular weight excluding hydrogens is 382 g/mol. The highest BCUT2D eigenvalue weighted by molar-refractivity contribution is 6.00. The standard InChI is InChI=1S/C21H27N7O2/c1-4-26(5-2)16-12-28(17-10-15(21(29)30)6-7-23-17)20-18(16)19(24-13-25-20)27-9-8-22-11-14(27)3/h6-7,10,12-14,22H,4-5,8-9,11H2,1-3H3,(H,29,30). The van der Waals surface area contributed by atoms with Gasteiger partial charge in [0.25, 0.3) is 0 Å². The normalized spacial score (nSPS) is 16.8. The van der Waals surface area contributed by atoms with Crippen molar-refractivity contribution in [2.75, 3.05) is 42.5 Å². The van der Waals surface area contributed by atoms with Crippen LogP contribution in [0.15, 0.2) is 30.9 Å². The summed E-state index contributed by atoms with van der Waals surface area (Å²) < 4.78 is 1.87. The second-order valence-corrected chi connectivity index (χ2v) is 7.41. The first kappa shape index (κ1) is 20.1. The summed E-state index contributed by atoms with van der Waals surface area (Å²) in [6, 6.07) is 3.37. The molecule has 0 saturated carbocycles. The smallest absolute Gasteiger partial charge is 0.335 e. The number of carbonyl (C=O) groups is 1. The van der Waals surface area contributed by atoms with Gasteiger partial charge in [-0.1, -0.05) is 0 Å². The third kappa shape index (κ3) is 3.45. The number of rotatable bonds is 6. The topological polar surface area (TPSA) is 99.4 Å². The summed E-state index contributed by atoms with van der Waals surface area (Å²) in [5.41, 5.74) is 1.94. The summed E-state index contributed by atoms with van der Waals surface area (Å²) in [5, 5.41) is 13.8. The fourth-order valence-corrected chi connectivity index (χ4v) is 4.06. The van der Waals surface area contributed by atoms with Crippen molar-refractivity contribution in [3.05, 3.63) is 36.4 Å². The van der Waals surface area contributed by atoms with E-state index in [0.717, 1.165) is 55.3 Å². The average molecular weight is 409 g/mol. The van der Waals surface area contributed by atoms with Crippen LogP contribution in [0.25, 0.3) is 16.9 Å². The van der Waals surface area contributed by atoms with E-state index in [9.17, 15) is 9.90 Å². The Kier molecular flexibility index (Phi) is 5.54. The molecule has 4 rings (SSSR count). The zero-order valence-corrected chi connectivity index (χ0v) is 17.5. The van der Waals surface area contributed by atoms with Crippen LogP contribution in [0.1, 0.15) is 31.1 Å². The monoisotopic (exact) mass is 409 g/mol. The average Bonchev–Trinajstić information content (AvgIpc) is 3.15. The predicted octanol–water partition coefficient (Wildman–Crippen LogP) is 2.16. The molecule has 9 nitrogen and oxygen atoms in total. The van der Waals surface area contributed by atoms with E-state index in [-0.39, 0.29) is 5.56 Å². The largest absolute Gasteiger partial charge is 0.478 e. The summed E-state index contributed by atoms with van der Waals surface area (Å²) in [4.78, 5) is 29.7. The number of nitrogens with zero attached hydrogens (tertiary/aromatic N) is 6. The van der Waals surface area contributed by atoms with Crippen molar-refractivity contribution in [2.24, 2.45) is 0 Å². The summed E-state index contributed by atoms with van der Waals surface area (Å²) in [6.07, 6.45) is 5.09. The molecule has 1 unspecified atom stereocenters. The Balaban J connectivity index is 1.96. The molecule has 1 atom stereocenters. The number of carboxylic acid groups (broad SMARTS) is 1. The molecule has 1 fully saturated rings. The van der Waals surface area contributed by atoms with Crippen LogP contribution in [0.5, 0.6) is 0 Å². The number of anilines is 2. The van der Waals surface area contributed by atoms with Crippen LogP contribution in [-0.2, 0) is 0 Å². The van der Waals surface area contributed by atoms with E-state index in [2.05, 4.69) is 50.8 Å². The van der Waals surface area contributed by atoms with E-state index < -0.39 is 5.97 Å². The number of nitrogens with one attached hydrogen (secondary N) is 1. The molecule has 1 aliphatic heterocycles. The van der Waals surface area contributed by atoms with Gasteiger partial charge in [0.15, 0.2) is 5.65 Å². The van der Waals surface area contributed by atoms with E-state index >= 15 is 0 Å². The van der Waals surface area contributed by atoms with Crippen molar-refractivity contribution < 1.29 is 9.90 Å². The highest BCUT2D eigenvalue weighted by atomic mass is 16.4. The van der Waals surface area contributed by atoms with Gasteiger partial charge in [-0.25, -0.2) is 19.7 Å². The van der Waals surface area contributed by atoms with Crippen LogP contribution in [-0.4, -0.2) is 69.4 Å². The van der Waals surface area contributed by atoms with Crippen molar-refractivity contribution in [1.29, 1.82) is 0 Å². The number of hydrogen-bond acceptors (Lipinski definition) is 7. The Morgan fingerprint density at radius 3 is 2.80 bits per heavy atom. The first-order chi connectivity index (χ1) is 14.5. The van der Waals surface area contributed by atoms with E-state index in [1.807, 2.05) is 10.8 Å². The van der Waals surface area contributed by atoms with Gasteiger partial charge in [-0.05, 0) is 32.9 Å². The van der Waals surface area contributed by atoms with Crippen molar-refractivity contribution in [1.82, 2.24) is 24.8 Å². The van der Waals surface area contributed by atoms with Crippen LogP contribution >= 0.6 is 0 Å². The molecule has 2 N–H and O–H groups in total. The molecule has 3 aromatic rings. The molecule has 1 aliphatic rings. The molecule has 4 heterocycles. The van der Waals surface area contributed by atoms with Gasteiger partial charge in [0.05, 0.1) is 16.6 Å². The maximum atomic E-state index is 11.5. The van der Waals surface area contributed by atoms with Crippen LogP contribution < -0.4 is 15.1 Å². The Morgan fingerprint density at radius 2 is 2.10 bits per heavy atom. The zero-order chi connectivity index (χ0) is 21.3. The SMILES string of the molecule is CCN(CC)c1cn(-c2cc(C(=O)O)ccn2)c2ncnc(N3CCNCC3C)c12. The number of fused-ring (bicyclic) bond motifs is 1. The first-order valence-electron chi connectivity index (χ1n) is 10.3. The predicted molar refractivity (Wildman–Crippen MR) is 117 cm³/mol. The van der Waals surface area contributed by atoms with Gasteiger partial charge in [-0.15, -0.1) is 0 Å². The van der Waals surface area contributed by atoms with E-state index in [4.69, 9.17) is 0 Å². The minimum Gasteiger partial charge on any atom is -0.478 e. The lowest BCUT2D eigenvalue weighted by Crippen LogP contribution is -2.50. The highest BCUT2D eigenvalue weighted by Crippen LogP contribution is 2.36. The van der Waals surface area contributed by atoms with Gasteiger partial charge in [0, 0.05) is 51.2 Å². The summed E-state index contributed by atoms with van der Waals surface area (Å²) >= 11 is 0. The van der Waals surface area contributed by atoms with Crippen LogP contribution in [0.2, 0.25) is 0 Å². The molecule has 0 amide bonds. The zero-order valence-electron chi connectivity index (χ0n) is 17.5. The molecule has 0 radical (unpaired) electrons. The molecule has 9 heteroatoms. The van der Waals surface area contributed by atoms with E-state index in [1.165, 1.54) is 12.3 Å². The Morgan fingerprint density at radius 1 is 1.30 bits per heavy atom. The number of aromatic nitrogens is 4. The van der Waals surface area contributed by atoms with E-state index in [0.29, 0.717) is 11.9 Å². The number of piperazine rings is 1. The fraction of sp³-hybridized carbons (Fsp3) is 0.429. The van der Waals surface area contributed by atoms with Gasteiger partial charge in [-0.2, -0.15) is 0 Å². The Bertz CT molecular complexity index is 1060. The molecular formula is C21H27N7O2. The number of aromatic carboxylic acids is 1. The van der Waals surface area contributed by atoms with Crippen molar-refractivity contribution >= 4 is 28.5 Å². The second kappa shape index (κ2) is 8.27. The number of carboxylic acids is 1. The minimum atomic E-state index is -0.982. The summed E-state index contributed by atoms with van der Waals surface area (Å²) in [5.74, 6) is 0.449. The molecule has 3 aromatic heterocycles. The minimum absolute atomic E-state index is 0.191. The molecule has 1 saturated heterocycles. The maximum Gasteiger partial charge on any atom is 0.335 e. The van der Waals surface area contributed by atoms with E-state index in [1.54, 1.807) is 12.4 Å². The van der Waals surface area contributed by atoms with Gasteiger partial charge < -0.3 is 20.2 Å². The molecule has 158 valence electrons. The fourth-order valence-electron chi connectivity index (χ4n) is 4.06. The van der Waals surface area contributed by atoms with Gasteiger partial charge in [0.1, 0.15) is 18.0 Å². The summed E-state index contributed by atoms with van der Waals surface area (Å²) in [6.45, 7) is 10.8. The Hall–Kier alpha value is -3.20. The van der Waals surface area contributed by atoms with Crippen molar-refractivity contribution in [2.45, 2.75) is 26.8 Å². The van der Waals surface area contributed by atoms with Crippen molar-refractivity contribution in [3.63, 3.8) is 0 Å². The van der Waals surface area contributed by atoms with Crippen LogP contribution in [0.3, 0.4) is 0 Å². The lowest BCUT2D eigenvalue weighted by Gasteiger charge is -2.35. The van der Waals surface area contributed by atoms with Crippen LogP contribution in [0, 0.1) is 0 Å². The van der Waals surface area contributed by atoms with Crippen molar-refractivity contribution in [3.8, 4) is 5.82 Å². The van der Waals surface area contributed by atoms with Gasteiger partial charge >= 0.3 is 5.97 Å². The quantitative estimate of drug-likeness (QED) is 0.639. The number of hydrogen-bond donors (Lipinski definition) is 2. The Labute approximate surface area is 175 Å². The molecule has 30 heavy (non-hydrogen) atoms. The van der Waals surface area contributed by atoms with Gasteiger partial charge in [-0.3, -0.25) is 4.57 Å². The third-order valence-corrected chi connectivity index (χ3v) is 5.66. The maximum absolute atomic E-state index is 11.5. The first-order valence-corrected chi connectivity index (χ1v) is 10.3. The molecule has 0 spiro atoms.